The van der Waals surface area contributed by atoms with Crippen LogP contribution in [-0.4, -0.2) is 59.6 Å². The van der Waals surface area contributed by atoms with E-state index in [-0.39, 0.29) is 18.9 Å². The van der Waals surface area contributed by atoms with Crippen molar-refractivity contribution in [2.24, 2.45) is 0 Å². The highest BCUT2D eigenvalue weighted by molar-refractivity contribution is 7.86. The summed E-state index contributed by atoms with van der Waals surface area (Å²) in [5, 5.41) is 7.86. The summed E-state index contributed by atoms with van der Waals surface area (Å²) in [5.41, 5.74) is 0. The Balaban J connectivity index is 2.89. The van der Waals surface area contributed by atoms with Gasteiger partial charge in [0.1, 0.15) is 11.3 Å². The summed E-state index contributed by atoms with van der Waals surface area (Å²) >= 11 is 0. The van der Waals surface area contributed by atoms with E-state index in [4.69, 9.17) is 9.81 Å². The summed E-state index contributed by atoms with van der Waals surface area (Å²) in [7, 11) is -4.21. The van der Waals surface area contributed by atoms with Gasteiger partial charge < -0.3 is 4.90 Å². The Morgan fingerprint density at radius 1 is 1.50 bits per heavy atom. The van der Waals surface area contributed by atoms with E-state index in [1.54, 1.807) is 4.90 Å². The van der Waals surface area contributed by atoms with Crippen molar-refractivity contribution in [3.8, 4) is 6.19 Å². The second-order valence-corrected chi connectivity index (χ2v) is 5.85. The minimum Gasteiger partial charge on any atom is -0.341 e. The van der Waals surface area contributed by atoms with E-state index in [2.05, 4.69) is 0 Å². The van der Waals surface area contributed by atoms with Gasteiger partial charge in [-0.2, -0.15) is 13.7 Å². The van der Waals surface area contributed by atoms with Gasteiger partial charge >= 0.3 is 0 Å². The molecule has 102 valence electrons. The molecule has 1 aliphatic heterocycles. The van der Waals surface area contributed by atoms with Gasteiger partial charge in [0, 0.05) is 19.6 Å². The van der Waals surface area contributed by atoms with Gasteiger partial charge in [-0.3, -0.25) is 14.2 Å². The molecule has 1 fully saturated rings. The quantitative estimate of drug-likeness (QED) is 0.556. The van der Waals surface area contributed by atoms with Crippen LogP contribution in [0.5, 0.6) is 0 Å². The number of rotatable bonds is 4. The maximum Gasteiger partial charge on any atom is 0.269 e. The maximum atomic E-state index is 12.1. The topological polar surface area (TPSA) is 102 Å². The predicted molar refractivity (Wildman–Crippen MR) is 64.0 cm³/mol. The van der Waals surface area contributed by atoms with Gasteiger partial charge in [-0.15, -0.1) is 0 Å². The van der Waals surface area contributed by atoms with Gasteiger partial charge in [-0.25, -0.2) is 0 Å². The molecule has 0 aliphatic carbocycles. The highest BCUT2D eigenvalue weighted by Crippen LogP contribution is 2.23. The normalized spacial score (nSPS) is 23.8. The molecule has 0 spiro atoms. The van der Waals surface area contributed by atoms with Crippen LogP contribution in [0.3, 0.4) is 0 Å². The fourth-order valence-corrected chi connectivity index (χ4v) is 2.88. The first-order chi connectivity index (χ1) is 8.35. The van der Waals surface area contributed by atoms with Crippen molar-refractivity contribution in [3.63, 3.8) is 0 Å². The third-order valence-corrected chi connectivity index (χ3v) is 4.36. The fourth-order valence-electron chi connectivity index (χ4n) is 2.10. The molecule has 0 aromatic heterocycles. The monoisotopic (exact) mass is 275 g/mol. The van der Waals surface area contributed by atoms with Crippen LogP contribution < -0.4 is 0 Å². The molecule has 1 amide bonds. The first-order valence-corrected chi connectivity index (χ1v) is 7.26. The van der Waals surface area contributed by atoms with Crippen LogP contribution >= 0.6 is 0 Å². The van der Waals surface area contributed by atoms with E-state index in [1.165, 1.54) is 0 Å². The molecule has 1 rings (SSSR count). The molecule has 1 aliphatic rings. The van der Waals surface area contributed by atoms with E-state index in [1.807, 2.05) is 20.0 Å². The highest BCUT2D eigenvalue weighted by Gasteiger charge is 2.43. The minimum atomic E-state index is -4.21. The minimum absolute atomic E-state index is 0.0400. The van der Waals surface area contributed by atoms with Crippen molar-refractivity contribution in [1.82, 2.24) is 9.80 Å². The standard InChI is InChI=1S/C10H17N3O4S/c1-3-12(4-2)10(14)9-5-8(18(15,16)17)6-13(9)7-11/h8-9H,3-6H2,1-2H3,(H,15,16,17)/t8-,9+/m1/s1. The summed E-state index contributed by atoms with van der Waals surface area (Å²) in [6.07, 6.45) is 1.77. The molecule has 0 aromatic carbocycles. The second kappa shape index (κ2) is 5.54. The molecule has 18 heavy (non-hydrogen) atoms. The summed E-state index contributed by atoms with van der Waals surface area (Å²) < 4.78 is 31.1. The van der Waals surface area contributed by atoms with Gasteiger partial charge in [0.15, 0.2) is 6.19 Å². The van der Waals surface area contributed by atoms with Gasteiger partial charge in [0.2, 0.25) is 5.91 Å². The summed E-state index contributed by atoms with van der Waals surface area (Å²) in [6.45, 7) is 4.50. The van der Waals surface area contributed by atoms with Crippen LogP contribution in [0, 0.1) is 11.5 Å². The van der Waals surface area contributed by atoms with Gasteiger partial charge in [0.05, 0.1) is 0 Å². The number of likely N-dealkylation sites (tertiary alicyclic amines) is 1. The van der Waals surface area contributed by atoms with E-state index >= 15 is 0 Å². The number of carbonyl (C=O) groups excluding carboxylic acids is 1. The molecule has 8 heteroatoms. The van der Waals surface area contributed by atoms with Gasteiger partial charge in [-0.05, 0) is 20.3 Å². The number of nitriles is 1. The number of amides is 1. The van der Waals surface area contributed by atoms with Crippen molar-refractivity contribution in [1.29, 1.82) is 5.26 Å². The highest BCUT2D eigenvalue weighted by atomic mass is 32.2. The zero-order valence-electron chi connectivity index (χ0n) is 10.4. The summed E-state index contributed by atoms with van der Waals surface area (Å²) in [6, 6.07) is -0.790. The Kier molecular flexibility index (Phi) is 4.53. The van der Waals surface area contributed by atoms with Crippen LogP contribution in [0.15, 0.2) is 0 Å². The molecular formula is C10H17N3O4S. The smallest absolute Gasteiger partial charge is 0.269 e. The average molecular weight is 275 g/mol. The molecule has 7 nitrogen and oxygen atoms in total. The molecule has 0 saturated carbocycles. The number of hydrogen-bond donors (Lipinski definition) is 1. The first kappa shape index (κ1) is 14.7. The Labute approximate surface area is 107 Å². The zero-order chi connectivity index (χ0) is 13.9. The lowest BCUT2D eigenvalue weighted by Gasteiger charge is -2.25. The van der Waals surface area contributed by atoms with E-state index < -0.39 is 21.4 Å². The largest absolute Gasteiger partial charge is 0.341 e. The lowest BCUT2D eigenvalue weighted by atomic mass is 10.2. The number of likely N-dealkylation sites (N-methyl/N-ethyl adjacent to an activating group) is 1. The Bertz CT molecular complexity index is 452. The van der Waals surface area contributed by atoms with Crippen LogP contribution in [0.2, 0.25) is 0 Å². The second-order valence-electron chi connectivity index (χ2n) is 4.15. The fraction of sp³-hybridized carbons (Fsp3) is 0.800. The predicted octanol–water partition coefficient (Wildman–Crippen LogP) is -0.333. The lowest BCUT2D eigenvalue weighted by molar-refractivity contribution is -0.134. The molecule has 1 saturated heterocycles. The van der Waals surface area contributed by atoms with Gasteiger partial charge in [0.25, 0.3) is 10.1 Å². The lowest BCUT2D eigenvalue weighted by Crippen LogP contribution is -2.43. The average Bonchev–Trinajstić information content (AvgIpc) is 2.73. The maximum absolute atomic E-state index is 12.1. The molecular weight excluding hydrogens is 258 g/mol. The number of nitrogens with zero attached hydrogens (tertiary/aromatic N) is 3. The summed E-state index contributed by atoms with van der Waals surface area (Å²) in [4.78, 5) is 14.8. The van der Waals surface area contributed by atoms with Gasteiger partial charge in [-0.1, -0.05) is 0 Å². The Morgan fingerprint density at radius 3 is 2.44 bits per heavy atom. The molecule has 1 heterocycles. The first-order valence-electron chi connectivity index (χ1n) is 5.76. The molecule has 2 atom stereocenters. The van der Waals surface area contributed by atoms with Crippen LogP contribution in [0.1, 0.15) is 20.3 Å². The third kappa shape index (κ3) is 2.91. The number of hydrogen-bond acceptors (Lipinski definition) is 5. The molecule has 1 N–H and O–H groups in total. The Hall–Kier alpha value is -1.33. The van der Waals surface area contributed by atoms with Crippen LogP contribution in [0.25, 0.3) is 0 Å². The SMILES string of the molecule is CCN(CC)C(=O)[C@@H]1C[C@@H](S(=O)(=O)O)CN1C#N. The molecule has 0 radical (unpaired) electrons. The van der Waals surface area contributed by atoms with E-state index in [0.29, 0.717) is 13.1 Å². The third-order valence-electron chi connectivity index (χ3n) is 3.17. The number of carbonyl (C=O) groups is 1. The molecule has 0 aromatic rings. The van der Waals surface area contributed by atoms with E-state index in [9.17, 15) is 13.2 Å². The van der Waals surface area contributed by atoms with Crippen molar-refractivity contribution >= 4 is 16.0 Å². The van der Waals surface area contributed by atoms with E-state index in [0.717, 1.165) is 4.90 Å². The molecule has 0 unspecified atom stereocenters. The van der Waals surface area contributed by atoms with Crippen LogP contribution in [0.4, 0.5) is 0 Å². The van der Waals surface area contributed by atoms with Crippen molar-refractivity contribution in [2.45, 2.75) is 31.6 Å². The van der Waals surface area contributed by atoms with Crippen molar-refractivity contribution in [2.75, 3.05) is 19.6 Å². The van der Waals surface area contributed by atoms with Crippen molar-refractivity contribution < 1.29 is 17.8 Å². The van der Waals surface area contributed by atoms with Crippen molar-refractivity contribution in [3.05, 3.63) is 0 Å². The zero-order valence-corrected chi connectivity index (χ0v) is 11.2. The summed E-state index contributed by atoms with van der Waals surface area (Å²) in [5.74, 6) is -0.271. The van der Waals surface area contributed by atoms with Crippen LogP contribution in [-0.2, 0) is 14.9 Å². The Morgan fingerprint density at radius 2 is 2.06 bits per heavy atom. The molecule has 0 bridgehead atoms.